The van der Waals surface area contributed by atoms with Crippen LogP contribution in [0.4, 0.5) is 13.2 Å². The number of halogens is 3. The molecule has 0 aliphatic heterocycles. The molecule has 0 spiro atoms. The Bertz CT molecular complexity index is 534. The number of hydrogen-bond acceptors (Lipinski definition) is 5. The zero-order chi connectivity index (χ0) is 14.6. The third kappa shape index (κ3) is 3.35. The first-order valence-corrected chi connectivity index (χ1v) is 4.85. The van der Waals surface area contributed by atoms with Crippen LogP contribution < -0.4 is 4.74 Å². The number of methoxy groups -OCH3 is 1. The Kier molecular flexibility index (Phi) is 4.34. The number of rotatable bonds is 3. The number of hydrogen-bond donors (Lipinski definition) is 1. The number of aliphatic hydroxyl groups is 1. The molecule has 0 radical (unpaired) electrons. The second-order valence-electron chi connectivity index (χ2n) is 3.27. The number of nitriles is 1. The highest BCUT2D eigenvalue weighted by Gasteiger charge is 2.33. The van der Waals surface area contributed by atoms with Crippen LogP contribution in [0.5, 0.6) is 5.75 Å². The molecule has 8 heteroatoms. The summed E-state index contributed by atoms with van der Waals surface area (Å²) >= 11 is 0. The maximum Gasteiger partial charge on any atom is 0.573 e. The molecule has 1 N–H and O–H groups in total. The molecule has 0 amide bonds. The summed E-state index contributed by atoms with van der Waals surface area (Å²) in [4.78, 5) is 11.5. The van der Waals surface area contributed by atoms with Gasteiger partial charge in [0.05, 0.1) is 24.8 Å². The largest absolute Gasteiger partial charge is 0.573 e. The fourth-order valence-electron chi connectivity index (χ4n) is 1.43. The van der Waals surface area contributed by atoms with E-state index in [1.807, 2.05) is 0 Å². The lowest BCUT2D eigenvalue weighted by Crippen LogP contribution is -2.20. The fraction of sp³-hybridized carbons (Fsp3) is 0.273. The number of carbonyl (C=O) groups is 1. The second-order valence-corrected chi connectivity index (χ2v) is 3.27. The Hall–Kier alpha value is -2.27. The molecule has 0 heterocycles. The minimum Gasteiger partial charge on any atom is -0.465 e. The van der Waals surface area contributed by atoms with E-state index >= 15 is 0 Å². The van der Waals surface area contributed by atoms with E-state index in [4.69, 9.17) is 10.4 Å². The quantitative estimate of drug-likeness (QED) is 0.850. The molecule has 0 bridgehead atoms. The van der Waals surface area contributed by atoms with Crippen LogP contribution >= 0.6 is 0 Å². The van der Waals surface area contributed by atoms with Crippen molar-refractivity contribution in [1.82, 2.24) is 0 Å². The molecular weight excluding hydrogens is 267 g/mol. The SMILES string of the molecule is COC(=O)c1c(C#N)ccc(OC(F)(F)F)c1CO. The van der Waals surface area contributed by atoms with E-state index in [0.29, 0.717) is 0 Å². The van der Waals surface area contributed by atoms with Crippen molar-refractivity contribution in [3.05, 3.63) is 28.8 Å². The topological polar surface area (TPSA) is 79.6 Å². The number of benzene rings is 1. The van der Waals surface area contributed by atoms with Gasteiger partial charge in [0.25, 0.3) is 0 Å². The van der Waals surface area contributed by atoms with Gasteiger partial charge in [0.15, 0.2) is 0 Å². The molecule has 5 nitrogen and oxygen atoms in total. The van der Waals surface area contributed by atoms with E-state index in [2.05, 4.69) is 9.47 Å². The van der Waals surface area contributed by atoms with Crippen LogP contribution in [0.1, 0.15) is 21.5 Å². The number of alkyl halides is 3. The third-order valence-electron chi connectivity index (χ3n) is 2.16. The van der Waals surface area contributed by atoms with Crippen molar-refractivity contribution >= 4 is 5.97 Å². The van der Waals surface area contributed by atoms with Crippen LogP contribution in [-0.4, -0.2) is 24.5 Å². The average molecular weight is 275 g/mol. The highest BCUT2D eigenvalue weighted by molar-refractivity contribution is 5.94. The summed E-state index contributed by atoms with van der Waals surface area (Å²) in [5, 5.41) is 17.9. The Balaban J connectivity index is 3.45. The highest BCUT2D eigenvalue weighted by atomic mass is 19.4. The van der Waals surface area contributed by atoms with Gasteiger partial charge in [-0.25, -0.2) is 4.79 Å². The molecule has 0 saturated heterocycles. The standard InChI is InChI=1S/C11H8F3NO4/c1-18-10(17)9-6(4-15)2-3-8(7(9)5-16)19-11(12,13)14/h2-3,16H,5H2,1H3. The number of nitrogens with zero attached hydrogens (tertiary/aromatic N) is 1. The molecule has 0 fully saturated rings. The van der Waals surface area contributed by atoms with E-state index in [1.165, 1.54) is 0 Å². The van der Waals surface area contributed by atoms with Crippen molar-refractivity contribution in [3.63, 3.8) is 0 Å². The van der Waals surface area contributed by atoms with Gasteiger partial charge in [0, 0.05) is 5.56 Å². The number of aliphatic hydroxyl groups excluding tert-OH is 1. The van der Waals surface area contributed by atoms with Crippen molar-refractivity contribution in [2.45, 2.75) is 13.0 Å². The normalized spacial score (nSPS) is 10.7. The minimum atomic E-state index is -4.98. The molecule has 19 heavy (non-hydrogen) atoms. The Labute approximate surface area is 105 Å². The molecule has 0 aliphatic carbocycles. The summed E-state index contributed by atoms with van der Waals surface area (Å²) in [6, 6.07) is 3.46. The lowest BCUT2D eigenvalue weighted by molar-refractivity contribution is -0.275. The Morgan fingerprint density at radius 1 is 1.47 bits per heavy atom. The van der Waals surface area contributed by atoms with Crippen molar-refractivity contribution in [2.75, 3.05) is 7.11 Å². The van der Waals surface area contributed by atoms with Crippen LogP contribution in [0.3, 0.4) is 0 Å². The molecule has 0 atom stereocenters. The summed E-state index contributed by atoms with van der Waals surface area (Å²) in [6.45, 7) is -0.911. The smallest absolute Gasteiger partial charge is 0.465 e. The number of carbonyl (C=O) groups excluding carboxylic acids is 1. The molecular formula is C11H8F3NO4. The van der Waals surface area contributed by atoms with Gasteiger partial charge in [-0.1, -0.05) is 0 Å². The number of esters is 1. The lowest BCUT2D eigenvalue weighted by atomic mass is 10.0. The van der Waals surface area contributed by atoms with Gasteiger partial charge >= 0.3 is 12.3 Å². The summed E-state index contributed by atoms with van der Waals surface area (Å²) in [5.41, 5.74) is -1.12. The predicted octanol–water partition coefficient (Wildman–Crippen LogP) is 1.74. The summed E-state index contributed by atoms with van der Waals surface area (Å²) in [5.74, 6) is -1.79. The first-order chi connectivity index (χ1) is 8.84. The van der Waals surface area contributed by atoms with Crippen LogP contribution in [0, 0.1) is 11.3 Å². The van der Waals surface area contributed by atoms with Crippen molar-refractivity contribution < 1.29 is 32.5 Å². The highest BCUT2D eigenvalue weighted by Crippen LogP contribution is 2.30. The maximum absolute atomic E-state index is 12.2. The fourth-order valence-corrected chi connectivity index (χ4v) is 1.43. The van der Waals surface area contributed by atoms with Crippen LogP contribution in [0.15, 0.2) is 12.1 Å². The van der Waals surface area contributed by atoms with Crippen molar-refractivity contribution in [2.24, 2.45) is 0 Å². The van der Waals surface area contributed by atoms with Gasteiger partial charge in [0.1, 0.15) is 11.8 Å². The zero-order valence-electron chi connectivity index (χ0n) is 9.61. The summed E-state index contributed by atoms with van der Waals surface area (Å²) < 4.78 is 44.6. The van der Waals surface area contributed by atoms with E-state index in [-0.39, 0.29) is 5.56 Å². The Morgan fingerprint density at radius 3 is 2.53 bits per heavy atom. The molecule has 0 unspecified atom stereocenters. The first-order valence-electron chi connectivity index (χ1n) is 4.85. The van der Waals surface area contributed by atoms with Gasteiger partial charge in [-0.05, 0) is 12.1 Å². The van der Waals surface area contributed by atoms with Crippen molar-refractivity contribution in [1.29, 1.82) is 5.26 Å². The molecule has 0 aromatic heterocycles. The van der Waals surface area contributed by atoms with E-state index in [9.17, 15) is 18.0 Å². The van der Waals surface area contributed by atoms with Gasteiger partial charge in [-0.2, -0.15) is 5.26 Å². The third-order valence-corrected chi connectivity index (χ3v) is 2.16. The molecule has 1 rings (SSSR count). The number of ether oxygens (including phenoxy) is 2. The predicted molar refractivity (Wildman–Crippen MR) is 55.1 cm³/mol. The van der Waals surface area contributed by atoms with Crippen LogP contribution in [-0.2, 0) is 11.3 Å². The van der Waals surface area contributed by atoms with E-state index in [0.717, 1.165) is 19.2 Å². The maximum atomic E-state index is 12.2. The second kappa shape index (κ2) is 5.58. The van der Waals surface area contributed by atoms with Gasteiger partial charge < -0.3 is 14.6 Å². The van der Waals surface area contributed by atoms with E-state index < -0.39 is 35.8 Å². The minimum absolute atomic E-state index is 0.217. The van der Waals surface area contributed by atoms with Crippen LogP contribution in [0.2, 0.25) is 0 Å². The van der Waals surface area contributed by atoms with Gasteiger partial charge in [0.2, 0.25) is 0 Å². The van der Waals surface area contributed by atoms with Gasteiger partial charge in [-0.15, -0.1) is 13.2 Å². The lowest BCUT2D eigenvalue weighted by Gasteiger charge is -2.15. The van der Waals surface area contributed by atoms with Crippen LogP contribution in [0.25, 0.3) is 0 Å². The molecule has 0 aliphatic rings. The summed E-state index contributed by atoms with van der Waals surface area (Å²) in [7, 11) is 1.00. The molecule has 102 valence electrons. The molecule has 0 saturated carbocycles. The first kappa shape index (κ1) is 14.8. The Morgan fingerprint density at radius 2 is 2.11 bits per heavy atom. The van der Waals surface area contributed by atoms with Gasteiger partial charge in [-0.3, -0.25) is 0 Å². The summed E-state index contributed by atoms with van der Waals surface area (Å²) in [6.07, 6.45) is -4.98. The monoisotopic (exact) mass is 275 g/mol. The average Bonchev–Trinajstić information content (AvgIpc) is 2.35. The molecule has 1 aromatic carbocycles. The van der Waals surface area contributed by atoms with E-state index in [1.54, 1.807) is 6.07 Å². The zero-order valence-corrected chi connectivity index (χ0v) is 9.61. The van der Waals surface area contributed by atoms with Crippen molar-refractivity contribution in [3.8, 4) is 11.8 Å². The molecule has 1 aromatic rings.